The Labute approximate surface area is 86.2 Å². The highest BCUT2D eigenvalue weighted by Crippen LogP contribution is 2.16. The molecule has 1 rings (SSSR count). The number of amides is 1. The van der Waals surface area contributed by atoms with Crippen LogP contribution in [0.25, 0.3) is 0 Å². The average molecular weight is 199 g/mol. The van der Waals surface area contributed by atoms with Gasteiger partial charge in [-0.05, 0) is 33.5 Å². The van der Waals surface area contributed by atoms with Crippen molar-refractivity contribution in [2.24, 2.45) is 5.92 Å². The Morgan fingerprint density at radius 2 is 2.29 bits per heavy atom. The van der Waals surface area contributed by atoms with Gasteiger partial charge in [-0.15, -0.1) is 0 Å². The standard InChI is InChI=1S/C10H21N3O/c1-11-6-10(14)13-5-4-9(8-13)7-12(2)3/h9,11H,4-8H2,1-3H3/t9-/m1/s1. The zero-order chi connectivity index (χ0) is 10.6. The molecule has 82 valence electrons. The topological polar surface area (TPSA) is 35.6 Å². The van der Waals surface area contributed by atoms with Gasteiger partial charge in [0.2, 0.25) is 5.91 Å². The van der Waals surface area contributed by atoms with E-state index in [-0.39, 0.29) is 5.91 Å². The fourth-order valence-corrected chi connectivity index (χ4v) is 1.99. The van der Waals surface area contributed by atoms with Crippen molar-refractivity contribution in [3.05, 3.63) is 0 Å². The second-order valence-electron chi connectivity index (χ2n) is 4.29. The third-order valence-electron chi connectivity index (χ3n) is 2.59. The largest absolute Gasteiger partial charge is 0.341 e. The molecule has 0 bridgehead atoms. The summed E-state index contributed by atoms with van der Waals surface area (Å²) in [5.74, 6) is 0.888. The van der Waals surface area contributed by atoms with E-state index in [1.54, 1.807) is 0 Å². The van der Waals surface area contributed by atoms with E-state index in [1.807, 2.05) is 11.9 Å². The maximum atomic E-state index is 11.5. The molecule has 4 nitrogen and oxygen atoms in total. The number of likely N-dealkylation sites (N-methyl/N-ethyl adjacent to an activating group) is 1. The van der Waals surface area contributed by atoms with E-state index in [0.29, 0.717) is 12.5 Å². The molecule has 0 spiro atoms. The third-order valence-corrected chi connectivity index (χ3v) is 2.59. The number of rotatable bonds is 4. The Morgan fingerprint density at radius 1 is 1.57 bits per heavy atom. The fraction of sp³-hybridized carbons (Fsp3) is 0.900. The molecule has 14 heavy (non-hydrogen) atoms. The first-order valence-electron chi connectivity index (χ1n) is 5.20. The van der Waals surface area contributed by atoms with Crippen molar-refractivity contribution in [3.8, 4) is 0 Å². The van der Waals surface area contributed by atoms with Crippen molar-refractivity contribution >= 4 is 5.91 Å². The van der Waals surface area contributed by atoms with Crippen LogP contribution in [0.1, 0.15) is 6.42 Å². The lowest BCUT2D eigenvalue weighted by atomic mass is 10.1. The summed E-state index contributed by atoms with van der Waals surface area (Å²) in [6.45, 7) is 3.41. The maximum Gasteiger partial charge on any atom is 0.236 e. The normalized spacial score (nSPS) is 22.0. The Kier molecular flexibility index (Phi) is 4.35. The van der Waals surface area contributed by atoms with Crippen LogP contribution in [0.2, 0.25) is 0 Å². The zero-order valence-electron chi connectivity index (χ0n) is 9.42. The Morgan fingerprint density at radius 3 is 2.86 bits per heavy atom. The predicted molar refractivity (Wildman–Crippen MR) is 57.2 cm³/mol. The quantitative estimate of drug-likeness (QED) is 0.670. The molecular weight excluding hydrogens is 178 g/mol. The molecule has 1 atom stereocenters. The van der Waals surface area contributed by atoms with Gasteiger partial charge in [-0.2, -0.15) is 0 Å². The van der Waals surface area contributed by atoms with Gasteiger partial charge in [-0.1, -0.05) is 0 Å². The molecule has 1 aliphatic heterocycles. The summed E-state index contributed by atoms with van der Waals surface area (Å²) >= 11 is 0. The summed E-state index contributed by atoms with van der Waals surface area (Å²) in [6, 6.07) is 0. The van der Waals surface area contributed by atoms with E-state index in [2.05, 4.69) is 24.3 Å². The molecule has 1 amide bonds. The highest BCUT2D eigenvalue weighted by Gasteiger charge is 2.25. The highest BCUT2D eigenvalue weighted by atomic mass is 16.2. The molecule has 1 N–H and O–H groups in total. The number of likely N-dealkylation sites (tertiary alicyclic amines) is 1. The Balaban J connectivity index is 2.29. The van der Waals surface area contributed by atoms with Crippen molar-refractivity contribution in [3.63, 3.8) is 0 Å². The molecule has 1 heterocycles. The molecule has 0 saturated carbocycles. The second kappa shape index (κ2) is 5.32. The lowest BCUT2D eigenvalue weighted by molar-refractivity contribution is -0.129. The first-order chi connectivity index (χ1) is 6.63. The summed E-state index contributed by atoms with van der Waals surface area (Å²) in [7, 11) is 5.97. The molecule has 4 heteroatoms. The third kappa shape index (κ3) is 3.27. The highest BCUT2D eigenvalue weighted by molar-refractivity contribution is 5.78. The average Bonchev–Trinajstić information content (AvgIpc) is 2.52. The fourth-order valence-electron chi connectivity index (χ4n) is 1.99. The summed E-state index contributed by atoms with van der Waals surface area (Å²) < 4.78 is 0. The number of carbonyl (C=O) groups is 1. The van der Waals surface area contributed by atoms with Gasteiger partial charge in [0.1, 0.15) is 0 Å². The zero-order valence-corrected chi connectivity index (χ0v) is 9.42. The Bertz CT molecular complexity index is 194. The number of carbonyl (C=O) groups excluding carboxylic acids is 1. The van der Waals surface area contributed by atoms with Crippen LogP contribution in [0.4, 0.5) is 0 Å². The van der Waals surface area contributed by atoms with E-state index in [4.69, 9.17) is 0 Å². The first-order valence-corrected chi connectivity index (χ1v) is 5.20. The van der Waals surface area contributed by atoms with Gasteiger partial charge in [-0.3, -0.25) is 4.79 Å². The molecule has 0 radical (unpaired) electrons. The van der Waals surface area contributed by atoms with Gasteiger partial charge in [0.05, 0.1) is 6.54 Å². The lowest BCUT2D eigenvalue weighted by Crippen LogP contribution is -2.36. The molecular formula is C10H21N3O. The van der Waals surface area contributed by atoms with Gasteiger partial charge in [0.25, 0.3) is 0 Å². The summed E-state index contributed by atoms with van der Waals surface area (Å²) in [6.07, 6.45) is 1.15. The van der Waals surface area contributed by atoms with Crippen molar-refractivity contribution in [2.45, 2.75) is 6.42 Å². The van der Waals surface area contributed by atoms with Crippen LogP contribution >= 0.6 is 0 Å². The van der Waals surface area contributed by atoms with Crippen molar-refractivity contribution in [1.29, 1.82) is 0 Å². The van der Waals surface area contributed by atoms with Crippen LogP contribution in [0, 0.1) is 5.92 Å². The molecule has 0 aliphatic carbocycles. The molecule has 1 saturated heterocycles. The van der Waals surface area contributed by atoms with Crippen LogP contribution in [0.15, 0.2) is 0 Å². The van der Waals surface area contributed by atoms with Crippen LogP contribution in [-0.2, 0) is 4.79 Å². The molecule has 0 aromatic carbocycles. The summed E-state index contributed by atoms with van der Waals surface area (Å²) in [5.41, 5.74) is 0. The van der Waals surface area contributed by atoms with Crippen LogP contribution in [-0.4, -0.2) is 63.0 Å². The smallest absolute Gasteiger partial charge is 0.236 e. The molecule has 1 fully saturated rings. The molecule has 0 aromatic heterocycles. The van der Waals surface area contributed by atoms with Gasteiger partial charge < -0.3 is 15.1 Å². The van der Waals surface area contributed by atoms with Crippen LogP contribution in [0.5, 0.6) is 0 Å². The predicted octanol–water partition coefficient (Wildman–Crippen LogP) is -0.384. The number of nitrogens with one attached hydrogen (secondary N) is 1. The summed E-state index contributed by atoms with van der Waals surface area (Å²) in [4.78, 5) is 15.7. The van der Waals surface area contributed by atoms with E-state index in [0.717, 1.165) is 26.1 Å². The SMILES string of the molecule is CNCC(=O)N1CC[C@H](CN(C)C)C1. The minimum atomic E-state index is 0.230. The maximum absolute atomic E-state index is 11.5. The summed E-state index contributed by atoms with van der Waals surface area (Å²) in [5, 5.41) is 2.90. The minimum absolute atomic E-state index is 0.230. The van der Waals surface area contributed by atoms with E-state index >= 15 is 0 Å². The molecule has 0 aromatic rings. The van der Waals surface area contributed by atoms with Gasteiger partial charge >= 0.3 is 0 Å². The van der Waals surface area contributed by atoms with Crippen molar-refractivity contribution in [1.82, 2.24) is 15.1 Å². The number of hydrogen-bond acceptors (Lipinski definition) is 3. The van der Waals surface area contributed by atoms with Crippen molar-refractivity contribution < 1.29 is 4.79 Å². The Hall–Kier alpha value is -0.610. The molecule has 0 unspecified atom stereocenters. The van der Waals surface area contributed by atoms with E-state index < -0.39 is 0 Å². The van der Waals surface area contributed by atoms with E-state index in [1.165, 1.54) is 0 Å². The lowest BCUT2D eigenvalue weighted by Gasteiger charge is -2.18. The second-order valence-corrected chi connectivity index (χ2v) is 4.29. The minimum Gasteiger partial charge on any atom is -0.341 e. The van der Waals surface area contributed by atoms with E-state index in [9.17, 15) is 4.79 Å². The number of nitrogens with zero attached hydrogens (tertiary/aromatic N) is 2. The van der Waals surface area contributed by atoms with Gasteiger partial charge in [0.15, 0.2) is 0 Å². The van der Waals surface area contributed by atoms with Crippen molar-refractivity contribution in [2.75, 3.05) is 47.3 Å². The first kappa shape index (κ1) is 11.5. The number of hydrogen-bond donors (Lipinski definition) is 1. The van der Waals surface area contributed by atoms with Crippen LogP contribution in [0.3, 0.4) is 0 Å². The van der Waals surface area contributed by atoms with Gasteiger partial charge in [0, 0.05) is 19.6 Å². The van der Waals surface area contributed by atoms with Crippen LogP contribution < -0.4 is 5.32 Å². The monoisotopic (exact) mass is 199 g/mol. The molecule has 1 aliphatic rings. The van der Waals surface area contributed by atoms with Gasteiger partial charge in [-0.25, -0.2) is 0 Å².